The first-order chi connectivity index (χ1) is 17.8. The Morgan fingerprint density at radius 3 is 2.41 bits per heavy atom. The summed E-state index contributed by atoms with van der Waals surface area (Å²) in [5, 5.41) is 2.00. The molecule has 2 aromatic carbocycles. The molecular formula is C30H36ClN3O2S. The highest BCUT2D eigenvalue weighted by molar-refractivity contribution is 7.79. The Bertz CT molecular complexity index is 1370. The van der Waals surface area contributed by atoms with E-state index < -0.39 is 0 Å². The predicted molar refractivity (Wildman–Crippen MR) is 158 cm³/mol. The van der Waals surface area contributed by atoms with Gasteiger partial charge in [-0.2, -0.15) is 12.6 Å². The van der Waals surface area contributed by atoms with Gasteiger partial charge in [-0.1, -0.05) is 29.8 Å². The summed E-state index contributed by atoms with van der Waals surface area (Å²) < 4.78 is 8.30. The Kier molecular flexibility index (Phi) is 10.1. The van der Waals surface area contributed by atoms with E-state index in [1.807, 2.05) is 38.4 Å². The molecule has 196 valence electrons. The Morgan fingerprint density at radius 1 is 1.05 bits per heavy atom. The molecule has 2 heterocycles. The fourth-order valence-electron chi connectivity index (χ4n) is 4.84. The van der Waals surface area contributed by atoms with Gasteiger partial charge in [-0.05, 0) is 92.8 Å². The topological polar surface area (TPSA) is 70.1 Å². The standard InChI is InChI=1S/C29H32ClN3O2.CH4S/c1-18-15-22(16-19(2)28(18)30)35-14-6-9-24-21(4)33(13-11-27(31)34)29-25(7-5-8-26(24)29)23-10-12-32-17-20(23)3;1-2/h5,7-8,10,12,15-17H,6,9,11,13-14H2,1-4H3,(H2,31,34);2H,1H3. The second-order valence-electron chi connectivity index (χ2n) is 9.15. The molecule has 2 N–H and O–H groups in total. The van der Waals surface area contributed by atoms with Crippen LogP contribution in [0.15, 0.2) is 48.8 Å². The van der Waals surface area contributed by atoms with Crippen LogP contribution >= 0.6 is 24.2 Å². The van der Waals surface area contributed by atoms with E-state index in [2.05, 4.69) is 60.3 Å². The molecule has 5 nitrogen and oxygen atoms in total. The number of carbonyl (C=O) groups excluding carboxylic acids is 1. The summed E-state index contributed by atoms with van der Waals surface area (Å²) in [4.78, 5) is 15.9. The molecule has 0 atom stereocenters. The number of nitrogens with two attached hydrogens (primary N) is 1. The average molecular weight is 538 g/mol. The summed E-state index contributed by atoms with van der Waals surface area (Å²) in [7, 11) is 0. The van der Waals surface area contributed by atoms with Gasteiger partial charge in [0, 0.05) is 47.0 Å². The maximum atomic E-state index is 11.6. The Morgan fingerprint density at radius 2 is 1.76 bits per heavy atom. The quantitative estimate of drug-likeness (QED) is 0.178. The fourth-order valence-corrected chi connectivity index (χ4v) is 4.95. The summed E-state index contributed by atoms with van der Waals surface area (Å²) in [6.07, 6.45) is 7.44. The van der Waals surface area contributed by atoms with Crippen molar-refractivity contribution in [1.82, 2.24) is 9.55 Å². The van der Waals surface area contributed by atoms with Crippen molar-refractivity contribution < 1.29 is 9.53 Å². The lowest BCUT2D eigenvalue weighted by Crippen LogP contribution is -2.14. The molecule has 0 spiro atoms. The number of carbonyl (C=O) groups is 1. The average Bonchev–Trinajstić information content (AvgIpc) is 3.16. The highest BCUT2D eigenvalue weighted by atomic mass is 35.5. The maximum absolute atomic E-state index is 11.6. The van der Waals surface area contributed by atoms with Gasteiger partial charge in [0.15, 0.2) is 0 Å². The van der Waals surface area contributed by atoms with Gasteiger partial charge in [0.05, 0.1) is 12.1 Å². The minimum Gasteiger partial charge on any atom is -0.494 e. The summed E-state index contributed by atoms with van der Waals surface area (Å²) in [5.74, 6) is 0.549. The lowest BCUT2D eigenvalue weighted by molar-refractivity contribution is -0.118. The summed E-state index contributed by atoms with van der Waals surface area (Å²) in [6, 6.07) is 12.4. The predicted octanol–water partition coefficient (Wildman–Crippen LogP) is 7.02. The largest absolute Gasteiger partial charge is 0.494 e. The SMILES string of the molecule is CS.Cc1cnccc1-c1cccc2c(CCCOc3cc(C)c(Cl)c(C)c3)c(C)n(CCC(N)=O)c12. The third kappa shape index (κ3) is 6.49. The summed E-state index contributed by atoms with van der Waals surface area (Å²) in [5.41, 5.74) is 14.5. The van der Waals surface area contributed by atoms with E-state index in [4.69, 9.17) is 22.1 Å². The van der Waals surface area contributed by atoms with Crippen molar-refractivity contribution in [3.8, 4) is 16.9 Å². The number of nitrogens with zero attached hydrogens (tertiary/aromatic N) is 2. The van der Waals surface area contributed by atoms with Crippen molar-refractivity contribution in [3.63, 3.8) is 0 Å². The van der Waals surface area contributed by atoms with Gasteiger partial charge in [-0.15, -0.1) is 0 Å². The van der Waals surface area contributed by atoms with Gasteiger partial charge in [-0.3, -0.25) is 9.78 Å². The van der Waals surface area contributed by atoms with E-state index in [1.165, 1.54) is 16.6 Å². The molecule has 0 unspecified atom stereocenters. The number of fused-ring (bicyclic) bond motifs is 1. The number of thiol groups is 1. The molecule has 1 amide bonds. The Labute approximate surface area is 230 Å². The normalized spacial score (nSPS) is 10.8. The molecule has 0 aliphatic carbocycles. The number of para-hydroxylation sites is 1. The molecule has 0 saturated heterocycles. The second-order valence-corrected chi connectivity index (χ2v) is 9.53. The number of halogens is 1. The zero-order chi connectivity index (χ0) is 27.1. The summed E-state index contributed by atoms with van der Waals surface area (Å²) in [6.45, 7) is 9.36. The van der Waals surface area contributed by atoms with Crippen molar-refractivity contribution in [3.05, 3.63) is 81.8 Å². The number of hydrogen-bond donors (Lipinski definition) is 2. The van der Waals surface area contributed by atoms with Crippen LogP contribution in [0.25, 0.3) is 22.0 Å². The van der Waals surface area contributed by atoms with Crippen LogP contribution in [0.5, 0.6) is 5.75 Å². The van der Waals surface area contributed by atoms with Gasteiger partial charge in [-0.25, -0.2) is 0 Å². The van der Waals surface area contributed by atoms with E-state index in [0.29, 0.717) is 19.6 Å². The monoisotopic (exact) mass is 537 g/mol. The Balaban J connectivity index is 0.00000186. The van der Waals surface area contributed by atoms with Crippen LogP contribution < -0.4 is 10.5 Å². The number of benzene rings is 2. The molecule has 0 fully saturated rings. The molecule has 0 aliphatic heterocycles. The van der Waals surface area contributed by atoms with Gasteiger partial charge in [0.2, 0.25) is 5.91 Å². The first kappa shape index (κ1) is 28.6. The van der Waals surface area contributed by atoms with Gasteiger partial charge < -0.3 is 15.0 Å². The highest BCUT2D eigenvalue weighted by Crippen LogP contribution is 2.36. The molecule has 0 bridgehead atoms. The third-order valence-corrected chi connectivity index (χ3v) is 7.21. The fraction of sp³-hybridized carbons (Fsp3) is 0.333. The Hall–Kier alpha value is -2.96. The number of amides is 1. The minimum absolute atomic E-state index is 0.298. The number of ether oxygens (including phenoxy) is 1. The third-order valence-electron chi connectivity index (χ3n) is 6.61. The zero-order valence-electron chi connectivity index (χ0n) is 22.3. The minimum atomic E-state index is -0.299. The van der Waals surface area contributed by atoms with E-state index in [-0.39, 0.29) is 5.91 Å². The molecule has 0 aliphatic rings. The second kappa shape index (κ2) is 13.0. The smallest absolute Gasteiger partial charge is 0.219 e. The van der Waals surface area contributed by atoms with Crippen molar-refractivity contribution >= 4 is 41.0 Å². The number of aryl methyl sites for hydroxylation is 5. The van der Waals surface area contributed by atoms with Crippen molar-refractivity contribution in [2.45, 2.75) is 53.5 Å². The number of primary amides is 1. The van der Waals surface area contributed by atoms with Crippen molar-refractivity contribution in [2.75, 3.05) is 12.9 Å². The molecule has 4 aromatic rings. The van der Waals surface area contributed by atoms with Gasteiger partial charge >= 0.3 is 0 Å². The summed E-state index contributed by atoms with van der Waals surface area (Å²) >= 11 is 9.82. The number of rotatable bonds is 9. The molecule has 37 heavy (non-hydrogen) atoms. The van der Waals surface area contributed by atoms with Crippen LogP contribution in [0.4, 0.5) is 0 Å². The van der Waals surface area contributed by atoms with Crippen LogP contribution in [-0.4, -0.2) is 28.3 Å². The van der Waals surface area contributed by atoms with Crippen LogP contribution in [0.1, 0.15) is 40.8 Å². The number of pyridine rings is 1. The van der Waals surface area contributed by atoms with Crippen LogP contribution in [0.2, 0.25) is 5.02 Å². The van der Waals surface area contributed by atoms with E-state index in [1.54, 1.807) is 6.26 Å². The van der Waals surface area contributed by atoms with Crippen LogP contribution in [0, 0.1) is 27.7 Å². The molecular weight excluding hydrogens is 502 g/mol. The lowest BCUT2D eigenvalue weighted by Gasteiger charge is -2.12. The number of aromatic nitrogens is 2. The van der Waals surface area contributed by atoms with Crippen molar-refractivity contribution in [1.29, 1.82) is 0 Å². The molecule has 7 heteroatoms. The van der Waals surface area contributed by atoms with E-state index in [0.717, 1.165) is 56.9 Å². The maximum Gasteiger partial charge on any atom is 0.219 e. The van der Waals surface area contributed by atoms with Crippen LogP contribution in [0.3, 0.4) is 0 Å². The van der Waals surface area contributed by atoms with E-state index in [9.17, 15) is 4.79 Å². The van der Waals surface area contributed by atoms with Gasteiger partial charge in [0.1, 0.15) is 5.75 Å². The van der Waals surface area contributed by atoms with E-state index >= 15 is 0 Å². The molecule has 2 aromatic heterocycles. The van der Waals surface area contributed by atoms with Crippen LogP contribution in [-0.2, 0) is 17.8 Å². The molecule has 0 saturated carbocycles. The zero-order valence-corrected chi connectivity index (χ0v) is 23.9. The highest BCUT2D eigenvalue weighted by Gasteiger charge is 2.18. The first-order valence-corrected chi connectivity index (χ1v) is 13.7. The van der Waals surface area contributed by atoms with Gasteiger partial charge in [0.25, 0.3) is 0 Å². The first-order valence-electron chi connectivity index (χ1n) is 12.4. The number of hydrogen-bond acceptors (Lipinski definition) is 4. The molecule has 0 radical (unpaired) electrons. The molecule has 4 rings (SSSR count). The lowest BCUT2D eigenvalue weighted by atomic mass is 9.98. The van der Waals surface area contributed by atoms with Crippen molar-refractivity contribution in [2.24, 2.45) is 5.73 Å².